The van der Waals surface area contributed by atoms with Crippen LogP contribution in [0.3, 0.4) is 0 Å². The van der Waals surface area contributed by atoms with E-state index >= 15 is 4.39 Å². The standard InChI is InChI=1S/C59H79F4N13O13/c1-2-89-48-8-4-3-6-43(48)54-44(60)31-41(33-68-54)58(14-19-76(20-15-58)47-11-9-40(59(61,62)63)30-39(47)32-64)57(88)69-42-13-18-71(34-42)21-17-67-55(85)45(65)7-5-16-66-49(77)12-10-46(56(86)87)70-50(78)35-72-22-24-73(36-51(79)80)26-28-75(38-53(83)84)29-27-74(25-23-72)37-52(81)82/h3-4,6,8-9,11,30-31,33,42,45-46H,2,5,7,10,12-29,34-38,65H2,1H3,(H,66,77)(H,67,85)(H,69,88)(H,70,78)(H,79,80)(H,81,82)(H,83,84)(H,86,87)/t42-,45+,46+/m0/s1. The van der Waals surface area contributed by atoms with E-state index in [1.54, 1.807) is 55.7 Å². The van der Waals surface area contributed by atoms with Gasteiger partial charge in [-0.3, -0.25) is 63.0 Å². The molecule has 4 amide bonds. The van der Waals surface area contributed by atoms with Crippen molar-refractivity contribution in [2.45, 2.75) is 81.6 Å². The number of carboxylic acid groups (broad SMARTS) is 4. The smallest absolute Gasteiger partial charge is 0.416 e. The van der Waals surface area contributed by atoms with Crippen molar-refractivity contribution in [1.29, 1.82) is 5.26 Å². The summed E-state index contributed by atoms with van der Waals surface area (Å²) in [5.74, 6) is -7.05. The van der Waals surface area contributed by atoms with E-state index in [2.05, 4.69) is 26.3 Å². The normalized spacial score (nSPS) is 18.3. The minimum atomic E-state index is -4.66. The predicted octanol–water partition coefficient (Wildman–Crippen LogP) is 1.07. The molecule has 4 heterocycles. The van der Waals surface area contributed by atoms with Crippen LogP contribution < -0.4 is 36.6 Å². The van der Waals surface area contributed by atoms with Crippen LogP contribution in [0.1, 0.15) is 68.6 Å². The number of nitrogens with one attached hydrogen (secondary N) is 4. The highest BCUT2D eigenvalue weighted by Gasteiger charge is 2.45. The van der Waals surface area contributed by atoms with Gasteiger partial charge in [-0.2, -0.15) is 18.4 Å². The Labute approximate surface area is 512 Å². The van der Waals surface area contributed by atoms with Crippen LogP contribution in [0.2, 0.25) is 0 Å². The van der Waals surface area contributed by atoms with Gasteiger partial charge in [0.1, 0.15) is 29.4 Å². The van der Waals surface area contributed by atoms with E-state index in [0.29, 0.717) is 56.0 Å². The van der Waals surface area contributed by atoms with Crippen LogP contribution in [-0.4, -0.2) is 246 Å². The molecule has 0 bridgehead atoms. The maximum absolute atomic E-state index is 16.3. The number of carboxylic acids is 4. The van der Waals surface area contributed by atoms with E-state index in [4.69, 9.17) is 10.5 Å². The molecular formula is C59H79F4N13O13. The largest absolute Gasteiger partial charge is 0.493 e. The second-order valence-corrected chi connectivity index (χ2v) is 22.3. The summed E-state index contributed by atoms with van der Waals surface area (Å²) in [6, 6.07) is 10.2. The average Bonchev–Trinajstić information content (AvgIpc) is 2.39. The van der Waals surface area contributed by atoms with Gasteiger partial charge in [-0.15, -0.1) is 0 Å². The second kappa shape index (κ2) is 33.5. The third kappa shape index (κ3) is 21.3. The van der Waals surface area contributed by atoms with Gasteiger partial charge < -0.3 is 57.1 Å². The van der Waals surface area contributed by atoms with Gasteiger partial charge >= 0.3 is 30.1 Å². The van der Waals surface area contributed by atoms with Crippen molar-refractivity contribution in [1.82, 2.24) is 50.8 Å². The number of pyridine rings is 1. The minimum Gasteiger partial charge on any atom is -0.493 e. The van der Waals surface area contributed by atoms with Crippen molar-refractivity contribution in [2.24, 2.45) is 5.73 Å². The van der Waals surface area contributed by atoms with Crippen molar-refractivity contribution in [3.63, 3.8) is 0 Å². The number of aromatic nitrogens is 1. The topological polar surface area (TPSA) is 357 Å². The van der Waals surface area contributed by atoms with Gasteiger partial charge in [0.25, 0.3) is 0 Å². The van der Waals surface area contributed by atoms with Crippen LogP contribution in [0.25, 0.3) is 11.3 Å². The first-order valence-corrected chi connectivity index (χ1v) is 29.5. The van der Waals surface area contributed by atoms with E-state index in [1.165, 1.54) is 18.3 Å². The number of carbonyl (C=O) groups is 8. The molecule has 3 aliphatic heterocycles. The number of para-hydroxylation sites is 1. The van der Waals surface area contributed by atoms with Gasteiger partial charge in [-0.25, -0.2) is 9.18 Å². The lowest BCUT2D eigenvalue weighted by atomic mass is 9.72. The third-order valence-electron chi connectivity index (χ3n) is 16.0. The number of piperidine rings is 1. The van der Waals surface area contributed by atoms with Crippen molar-refractivity contribution in [3.8, 4) is 23.1 Å². The zero-order valence-corrected chi connectivity index (χ0v) is 49.7. The Morgan fingerprint density at radius 2 is 1.36 bits per heavy atom. The van der Waals surface area contributed by atoms with Gasteiger partial charge in [-0.05, 0) is 87.4 Å². The van der Waals surface area contributed by atoms with Crippen molar-refractivity contribution in [3.05, 3.63) is 77.2 Å². The molecule has 26 nitrogen and oxygen atoms in total. The summed E-state index contributed by atoms with van der Waals surface area (Å²) in [5.41, 5.74) is 4.74. The molecule has 486 valence electrons. The first-order chi connectivity index (χ1) is 42.4. The van der Waals surface area contributed by atoms with Crippen molar-refractivity contribution < 1.29 is 81.1 Å². The lowest BCUT2D eigenvalue weighted by Gasteiger charge is -2.42. The molecule has 0 spiro atoms. The average molecular weight is 1250 g/mol. The number of benzene rings is 2. The minimum absolute atomic E-state index is 0.0210. The molecule has 2 aromatic carbocycles. The number of anilines is 1. The number of nitrogens with zero attached hydrogens (tertiary/aromatic N) is 8. The van der Waals surface area contributed by atoms with E-state index in [0.717, 1.165) is 12.1 Å². The van der Waals surface area contributed by atoms with Crippen LogP contribution >= 0.6 is 0 Å². The van der Waals surface area contributed by atoms with Crippen molar-refractivity contribution in [2.75, 3.05) is 136 Å². The number of alkyl halides is 3. The summed E-state index contributed by atoms with van der Waals surface area (Å²) in [5, 5.41) is 59.3. The summed E-state index contributed by atoms with van der Waals surface area (Å²) in [4.78, 5) is 115. The fourth-order valence-electron chi connectivity index (χ4n) is 11.2. The van der Waals surface area contributed by atoms with Gasteiger partial charge in [0.2, 0.25) is 23.6 Å². The maximum Gasteiger partial charge on any atom is 0.416 e. The summed E-state index contributed by atoms with van der Waals surface area (Å²) >= 11 is 0. The number of halogens is 4. The van der Waals surface area contributed by atoms with Gasteiger partial charge in [0.15, 0.2) is 0 Å². The molecule has 1 aromatic heterocycles. The Morgan fingerprint density at radius 3 is 1.91 bits per heavy atom. The highest BCUT2D eigenvalue weighted by molar-refractivity contribution is 5.89. The number of aliphatic carboxylic acids is 4. The number of nitrogens with two attached hydrogens (primary N) is 1. The molecule has 89 heavy (non-hydrogen) atoms. The Morgan fingerprint density at radius 1 is 0.764 bits per heavy atom. The van der Waals surface area contributed by atoms with Crippen LogP contribution in [0.15, 0.2) is 54.7 Å². The summed E-state index contributed by atoms with van der Waals surface area (Å²) < 4.78 is 62.7. The molecule has 3 aliphatic rings. The molecule has 3 fully saturated rings. The number of nitriles is 1. The van der Waals surface area contributed by atoms with Gasteiger partial charge in [0, 0.05) is 122 Å². The Balaban J connectivity index is 0.946. The Kier molecular flexibility index (Phi) is 26.3. The fraction of sp³-hybridized carbons (Fsp3) is 0.559. The third-order valence-corrected chi connectivity index (χ3v) is 16.0. The van der Waals surface area contributed by atoms with Crippen molar-refractivity contribution >= 4 is 53.2 Å². The quantitative estimate of drug-likeness (QED) is 0.0363. The number of amides is 4. The SMILES string of the molecule is CCOc1ccccc1-c1ncc(C2(C(=O)N[C@H]3CCN(CCNC(=O)[C@H](N)CCCNC(=O)CC[C@@H](NC(=O)CN4CCN(CC(=O)O)CCN(CC(=O)O)CCN(CC(=O)O)CC4)C(=O)O)C3)CCN(c3ccc(C(F)(F)F)cc3C#N)CC2)cc1F. The number of likely N-dealkylation sites (tertiary alicyclic amines) is 1. The first kappa shape index (κ1) is 70.0. The molecule has 0 radical (unpaired) electrons. The van der Waals surface area contributed by atoms with Gasteiger partial charge in [0.05, 0.1) is 61.1 Å². The number of hydrogen-bond acceptors (Lipinski definition) is 18. The molecule has 0 saturated carbocycles. The maximum atomic E-state index is 16.3. The molecule has 0 unspecified atom stereocenters. The summed E-state index contributed by atoms with van der Waals surface area (Å²) in [6.07, 6.45) is -2.51. The molecule has 30 heteroatoms. The molecule has 3 saturated heterocycles. The number of ether oxygens (including phenoxy) is 1. The van der Waals surface area contributed by atoms with E-state index in [-0.39, 0.29) is 166 Å². The highest BCUT2D eigenvalue weighted by Crippen LogP contribution is 2.41. The van der Waals surface area contributed by atoms with Crippen LogP contribution in [0.5, 0.6) is 5.75 Å². The van der Waals surface area contributed by atoms with Crippen LogP contribution in [0.4, 0.5) is 23.2 Å². The fourth-order valence-corrected chi connectivity index (χ4v) is 11.2. The molecule has 0 aliphatic carbocycles. The van der Waals surface area contributed by atoms with E-state index in [9.17, 15) is 77.2 Å². The first-order valence-electron chi connectivity index (χ1n) is 29.5. The number of carbonyl (C=O) groups excluding carboxylic acids is 4. The Bertz CT molecular complexity index is 2970. The van der Waals surface area contributed by atoms with Gasteiger partial charge in [-0.1, -0.05) is 12.1 Å². The molecule has 10 N–H and O–H groups in total. The zero-order valence-electron chi connectivity index (χ0n) is 49.7. The van der Waals surface area contributed by atoms with Crippen LogP contribution in [-0.2, 0) is 49.9 Å². The number of hydrogen-bond donors (Lipinski definition) is 9. The molecule has 3 atom stereocenters. The zero-order chi connectivity index (χ0) is 64.8. The lowest BCUT2D eigenvalue weighted by Crippen LogP contribution is -2.54. The lowest BCUT2D eigenvalue weighted by molar-refractivity contribution is -0.142. The Hall–Kier alpha value is -8.08. The number of rotatable bonds is 28. The molecule has 6 rings (SSSR count). The van der Waals surface area contributed by atoms with E-state index in [1.807, 2.05) is 11.0 Å². The predicted molar refractivity (Wildman–Crippen MR) is 314 cm³/mol. The molecule has 3 aromatic rings. The molecular weight excluding hydrogens is 1170 g/mol. The summed E-state index contributed by atoms with van der Waals surface area (Å²) in [7, 11) is 0. The monoisotopic (exact) mass is 1250 g/mol. The van der Waals surface area contributed by atoms with Crippen LogP contribution in [0, 0.1) is 17.1 Å². The second-order valence-electron chi connectivity index (χ2n) is 22.3. The highest BCUT2D eigenvalue weighted by atomic mass is 19.4. The van der Waals surface area contributed by atoms with E-state index < -0.39 is 76.7 Å². The summed E-state index contributed by atoms with van der Waals surface area (Å²) in [6.45, 7) is 3.94.